The van der Waals surface area contributed by atoms with E-state index in [9.17, 15) is 31.1 Å². The number of rotatable bonds is 4. The minimum Gasteiger partial charge on any atom is -0.369 e. The van der Waals surface area contributed by atoms with Crippen molar-refractivity contribution in [3.8, 4) is 0 Å². The Balaban J connectivity index is 1.56. The van der Waals surface area contributed by atoms with Crippen LogP contribution in [0.3, 0.4) is 0 Å². The number of carbonyl (C=O) groups excluding carboxylic acids is 1. The minimum absolute atomic E-state index is 0.109. The number of nitrogens with zero attached hydrogens (tertiary/aromatic N) is 2. The predicted octanol–water partition coefficient (Wildman–Crippen LogP) is 4.48. The van der Waals surface area contributed by atoms with Crippen molar-refractivity contribution in [1.29, 1.82) is 0 Å². The molecule has 0 aliphatic carbocycles. The van der Waals surface area contributed by atoms with Crippen LogP contribution < -0.4 is 10.2 Å². The third kappa shape index (κ3) is 5.44. The lowest BCUT2D eigenvalue weighted by Gasteiger charge is -2.36. The van der Waals surface area contributed by atoms with Crippen LogP contribution in [0.2, 0.25) is 0 Å². The van der Waals surface area contributed by atoms with Crippen LogP contribution in [0.25, 0.3) is 0 Å². The van der Waals surface area contributed by atoms with E-state index in [0.29, 0.717) is 31.9 Å². The highest BCUT2D eigenvalue weighted by atomic mass is 19.4. The number of amides is 1. The quantitative estimate of drug-likeness (QED) is 0.725. The second kappa shape index (κ2) is 8.55. The molecule has 1 fully saturated rings. The van der Waals surface area contributed by atoms with Gasteiger partial charge in [-0.1, -0.05) is 18.2 Å². The maximum Gasteiger partial charge on any atom is 0.418 e. The second-order valence-corrected chi connectivity index (χ2v) is 6.90. The molecule has 2 aromatic carbocycles. The van der Waals surface area contributed by atoms with E-state index in [0.717, 1.165) is 18.2 Å². The number of benzene rings is 2. The highest BCUT2D eigenvalue weighted by molar-refractivity contribution is 5.93. The smallest absolute Gasteiger partial charge is 0.369 e. The molecule has 2 aromatic rings. The Kier molecular flexibility index (Phi) is 6.25. The summed E-state index contributed by atoms with van der Waals surface area (Å²) in [5, 5.41) is 2.29. The fraction of sp³-hybridized carbons (Fsp3) is 0.350. The maximum atomic E-state index is 13.0. The number of halogens is 6. The standard InChI is InChI=1S/C20H19F6N3O/c21-19(22,23)14-4-3-5-15(12-14)29-10-8-28(9-11-29)13-18(30)27-17-7-2-1-6-16(17)20(24,25)26/h1-7,12H,8-11,13H2,(H,27,30). The molecule has 3 rings (SSSR count). The van der Waals surface area contributed by atoms with Crippen molar-refractivity contribution in [2.24, 2.45) is 0 Å². The lowest BCUT2D eigenvalue weighted by Crippen LogP contribution is -2.48. The number of carbonyl (C=O) groups is 1. The summed E-state index contributed by atoms with van der Waals surface area (Å²) in [4.78, 5) is 15.7. The van der Waals surface area contributed by atoms with Crippen molar-refractivity contribution >= 4 is 17.3 Å². The van der Waals surface area contributed by atoms with Gasteiger partial charge in [-0.05, 0) is 30.3 Å². The molecule has 10 heteroatoms. The molecule has 1 amide bonds. The molecule has 1 saturated heterocycles. The Hall–Kier alpha value is -2.75. The minimum atomic E-state index is -4.58. The molecule has 162 valence electrons. The van der Waals surface area contributed by atoms with E-state index in [4.69, 9.17) is 0 Å². The first-order chi connectivity index (χ1) is 14.0. The molecule has 0 aromatic heterocycles. The number of piperazine rings is 1. The normalized spacial score (nSPS) is 15.9. The highest BCUT2D eigenvalue weighted by Gasteiger charge is 2.34. The van der Waals surface area contributed by atoms with Crippen LogP contribution in [0, 0.1) is 0 Å². The highest BCUT2D eigenvalue weighted by Crippen LogP contribution is 2.34. The zero-order valence-corrected chi connectivity index (χ0v) is 15.7. The van der Waals surface area contributed by atoms with Crippen molar-refractivity contribution in [2.45, 2.75) is 12.4 Å². The Morgan fingerprint density at radius 3 is 2.17 bits per heavy atom. The molecule has 1 N–H and O–H groups in total. The second-order valence-electron chi connectivity index (χ2n) is 6.90. The number of anilines is 2. The van der Waals surface area contributed by atoms with Crippen LogP contribution in [0.1, 0.15) is 11.1 Å². The van der Waals surface area contributed by atoms with Crippen LogP contribution in [-0.2, 0) is 17.1 Å². The number of alkyl halides is 6. The number of para-hydroxylation sites is 1. The molecule has 0 radical (unpaired) electrons. The van der Waals surface area contributed by atoms with Gasteiger partial charge in [-0.2, -0.15) is 26.3 Å². The van der Waals surface area contributed by atoms with Crippen LogP contribution in [0.15, 0.2) is 48.5 Å². The van der Waals surface area contributed by atoms with Gasteiger partial charge in [0.25, 0.3) is 0 Å². The predicted molar refractivity (Wildman–Crippen MR) is 100 cm³/mol. The number of hydrogen-bond donors (Lipinski definition) is 1. The summed E-state index contributed by atoms with van der Waals surface area (Å²) in [6.07, 6.45) is -9.01. The first-order valence-corrected chi connectivity index (χ1v) is 9.15. The molecule has 1 aliphatic heterocycles. The van der Waals surface area contributed by atoms with Crippen LogP contribution in [-0.4, -0.2) is 43.5 Å². The van der Waals surface area contributed by atoms with E-state index in [1.807, 2.05) is 0 Å². The molecular weight excluding hydrogens is 412 g/mol. The summed E-state index contributed by atoms with van der Waals surface area (Å²) in [5.41, 5.74) is -1.52. The zero-order valence-electron chi connectivity index (χ0n) is 15.7. The van der Waals surface area contributed by atoms with Gasteiger partial charge in [-0.15, -0.1) is 0 Å². The van der Waals surface area contributed by atoms with Gasteiger partial charge >= 0.3 is 12.4 Å². The van der Waals surface area contributed by atoms with Gasteiger partial charge in [-0.3, -0.25) is 9.69 Å². The van der Waals surface area contributed by atoms with Crippen molar-refractivity contribution in [1.82, 2.24) is 4.90 Å². The molecule has 0 atom stereocenters. The number of nitrogens with one attached hydrogen (secondary N) is 1. The summed E-state index contributed by atoms with van der Waals surface area (Å²) in [7, 11) is 0. The molecule has 0 spiro atoms. The van der Waals surface area contributed by atoms with Gasteiger partial charge in [0.05, 0.1) is 23.4 Å². The summed E-state index contributed by atoms with van der Waals surface area (Å²) in [5.74, 6) is -0.584. The van der Waals surface area contributed by atoms with Gasteiger partial charge in [0.1, 0.15) is 0 Å². The Labute approximate surface area is 169 Å². The summed E-state index contributed by atoms with van der Waals surface area (Å²) in [6.45, 7) is 1.47. The topological polar surface area (TPSA) is 35.6 Å². The lowest BCUT2D eigenvalue weighted by atomic mass is 10.1. The largest absolute Gasteiger partial charge is 0.418 e. The molecule has 4 nitrogen and oxygen atoms in total. The van der Waals surface area contributed by atoms with Gasteiger partial charge < -0.3 is 10.2 Å². The van der Waals surface area contributed by atoms with Crippen molar-refractivity contribution < 1.29 is 31.1 Å². The van der Waals surface area contributed by atoms with Crippen LogP contribution in [0.4, 0.5) is 37.7 Å². The van der Waals surface area contributed by atoms with Gasteiger partial charge in [-0.25, -0.2) is 0 Å². The fourth-order valence-corrected chi connectivity index (χ4v) is 3.28. The van der Waals surface area contributed by atoms with Gasteiger partial charge in [0.15, 0.2) is 0 Å². The summed E-state index contributed by atoms with van der Waals surface area (Å²) >= 11 is 0. The molecule has 0 saturated carbocycles. The van der Waals surface area contributed by atoms with E-state index in [1.54, 1.807) is 15.9 Å². The summed E-state index contributed by atoms with van der Waals surface area (Å²) in [6, 6.07) is 9.74. The Bertz CT molecular complexity index is 889. The van der Waals surface area contributed by atoms with Crippen LogP contribution >= 0.6 is 0 Å². The zero-order chi connectivity index (χ0) is 21.9. The summed E-state index contributed by atoms with van der Waals surface area (Å²) < 4.78 is 77.7. The molecular formula is C20H19F6N3O. The lowest BCUT2D eigenvalue weighted by molar-refractivity contribution is -0.138. The van der Waals surface area contributed by atoms with Crippen molar-refractivity contribution in [2.75, 3.05) is 42.9 Å². The average Bonchev–Trinajstić information content (AvgIpc) is 2.67. The number of hydrogen-bond acceptors (Lipinski definition) is 3. The third-order valence-electron chi connectivity index (χ3n) is 4.78. The first kappa shape index (κ1) is 21.9. The van der Waals surface area contributed by atoms with E-state index in [2.05, 4.69) is 5.32 Å². The molecule has 30 heavy (non-hydrogen) atoms. The molecule has 0 bridgehead atoms. The van der Waals surface area contributed by atoms with Gasteiger partial charge in [0.2, 0.25) is 5.91 Å². The van der Waals surface area contributed by atoms with Crippen LogP contribution in [0.5, 0.6) is 0 Å². The third-order valence-corrected chi connectivity index (χ3v) is 4.78. The van der Waals surface area contributed by atoms with E-state index in [-0.39, 0.29) is 12.2 Å². The van der Waals surface area contributed by atoms with Gasteiger partial charge in [0, 0.05) is 31.9 Å². The molecule has 1 aliphatic rings. The fourth-order valence-electron chi connectivity index (χ4n) is 3.28. The van der Waals surface area contributed by atoms with Crippen molar-refractivity contribution in [3.63, 3.8) is 0 Å². The average molecular weight is 431 g/mol. The molecule has 0 unspecified atom stereocenters. The Morgan fingerprint density at radius 2 is 1.53 bits per heavy atom. The monoisotopic (exact) mass is 431 g/mol. The Morgan fingerprint density at radius 1 is 0.867 bits per heavy atom. The maximum absolute atomic E-state index is 13.0. The van der Waals surface area contributed by atoms with Crippen molar-refractivity contribution in [3.05, 3.63) is 59.7 Å². The SMILES string of the molecule is O=C(CN1CCN(c2cccc(C(F)(F)F)c2)CC1)Nc1ccccc1C(F)(F)F. The van der Waals surface area contributed by atoms with E-state index >= 15 is 0 Å². The van der Waals surface area contributed by atoms with E-state index < -0.39 is 29.4 Å². The van der Waals surface area contributed by atoms with E-state index in [1.165, 1.54) is 24.3 Å². The first-order valence-electron chi connectivity index (χ1n) is 9.15. The molecule has 1 heterocycles.